The molecule has 0 radical (unpaired) electrons. The minimum absolute atomic E-state index is 0.0222. The molecule has 1 amide bonds. The highest BCUT2D eigenvalue weighted by atomic mass is 16.6. The topological polar surface area (TPSA) is 76.7 Å². The molecule has 2 N–H and O–H groups in total. The molecule has 0 aliphatic carbocycles. The molecule has 1 heterocycles. The zero-order valence-electron chi connectivity index (χ0n) is 12.1. The Balaban J connectivity index is 1.84. The first-order valence-electron chi connectivity index (χ1n) is 7.00. The van der Waals surface area contributed by atoms with Gasteiger partial charge in [-0.05, 0) is 43.7 Å². The second kappa shape index (κ2) is 7.64. The van der Waals surface area contributed by atoms with E-state index in [1.807, 2.05) is 0 Å². The molecule has 1 fully saturated rings. The van der Waals surface area contributed by atoms with Crippen molar-refractivity contribution in [3.8, 4) is 5.75 Å². The Labute approximate surface area is 123 Å². The van der Waals surface area contributed by atoms with Gasteiger partial charge in [0.2, 0.25) is 5.91 Å². The molecule has 1 unspecified atom stereocenters. The molecule has 0 saturated carbocycles. The molecule has 0 bridgehead atoms. The highest BCUT2D eigenvalue weighted by Gasteiger charge is 2.20. The standard InChI is InChI=1S/C15H20N2O4/c1-20-14(18)10-21-13-6-4-12(5-7-13)17-15(19)11-3-2-8-16-9-11/h4-7,11,16H,2-3,8-10H2,1H3,(H,17,19). The first-order chi connectivity index (χ1) is 10.2. The van der Waals surface area contributed by atoms with Crippen LogP contribution in [0.4, 0.5) is 5.69 Å². The number of esters is 1. The minimum atomic E-state index is -0.433. The number of hydrogen-bond donors (Lipinski definition) is 2. The number of nitrogens with one attached hydrogen (secondary N) is 2. The summed E-state index contributed by atoms with van der Waals surface area (Å²) in [7, 11) is 1.31. The average molecular weight is 292 g/mol. The van der Waals surface area contributed by atoms with E-state index in [0.717, 1.165) is 31.6 Å². The minimum Gasteiger partial charge on any atom is -0.482 e. The monoisotopic (exact) mass is 292 g/mol. The van der Waals surface area contributed by atoms with E-state index in [0.29, 0.717) is 5.75 Å². The molecule has 0 aromatic heterocycles. The maximum Gasteiger partial charge on any atom is 0.343 e. The molecule has 1 aromatic carbocycles. The van der Waals surface area contributed by atoms with E-state index in [1.165, 1.54) is 7.11 Å². The first kappa shape index (κ1) is 15.3. The van der Waals surface area contributed by atoms with Crippen molar-refractivity contribution in [1.29, 1.82) is 0 Å². The van der Waals surface area contributed by atoms with Crippen LogP contribution in [0.2, 0.25) is 0 Å². The van der Waals surface area contributed by atoms with Gasteiger partial charge in [-0.15, -0.1) is 0 Å². The third kappa shape index (κ3) is 4.75. The summed E-state index contributed by atoms with van der Waals surface area (Å²) in [6, 6.07) is 6.91. The van der Waals surface area contributed by atoms with Crippen LogP contribution in [0.3, 0.4) is 0 Å². The number of amides is 1. The van der Waals surface area contributed by atoms with Gasteiger partial charge in [-0.25, -0.2) is 4.79 Å². The van der Waals surface area contributed by atoms with Crippen molar-refractivity contribution < 1.29 is 19.1 Å². The number of methoxy groups -OCH3 is 1. The fourth-order valence-electron chi connectivity index (χ4n) is 2.16. The molecular formula is C15H20N2O4. The summed E-state index contributed by atoms with van der Waals surface area (Å²) in [6.45, 7) is 1.58. The Bertz CT molecular complexity index is 481. The molecule has 2 rings (SSSR count). The Morgan fingerprint density at radius 2 is 2.10 bits per heavy atom. The van der Waals surface area contributed by atoms with Gasteiger partial charge in [0.15, 0.2) is 6.61 Å². The molecule has 1 aromatic rings. The summed E-state index contributed by atoms with van der Waals surface area (Å²) in [5.41, 5.74) is 0.719. The smallest absolute Gasteiger partial charge is 0.343 e. The Morgan fingerprint density at radius 3 is 2.71 bits per heavy atom. The van der Waals surface area contributed by atoms with Gasteiger partial charge in [0, 0.05) is 12.2 Å². The van der Waals surface area contributed by atoms with Crippen molar-refractivity contribution in [2.45, 2.75) is 12.8 Å². The van der Waals surface area contributed by atoms with Crippen molar-refractivity contribution in [1.82, 2.24) is 5.32 Å². The van der Waals surface area contributed by atoms with Crippen LogP contribution in [-0.2, 0) is 14.3 Å². The lowest BCUT2D eigenvalue weighted by atomic mass is 9.99. The van der Waals surface area contributed by atoms with Gasteiger partial charge in [0.25, 0.3) is 0 Å². The highest BCUT2D eigenvalue weighted by molar-refractivity contribution is 5.92. The lowest BCUT2D eigenvalue weighted by molar-refractivity contribution is -0.142. The molecule has 1 aliphatic rings. The highest BCUT2D eigenvalue weighted by Crippen LogP contribution is 2.18. The zero-order chi connectivity index (χ0) is 15.1. The predicted molar refractivity (Wildman–Crippen MR) is 78.2 cm³/mol. The molecule has 21 heavy (non-hydrogen) atoms. The Kier molecular flexibility index (Phi) is 5.57. The fourth-order valence-corrected chi connectivity index (χ4v) is 2.16. The van der Waals surface area contributed by atoms with Gasteiger partial charge in [-0.1, -0.05) is 0 Å². The molecule has 1 saturated heterocycles. The Morgan fingerprint density at radius 1 is 1.33 bits per heavy atom. The SMILES string of the molecule is COC(=O)COc1ccc(NC(=O)C2CCCNC2)cc1. The quantitative estimate of drug-likeness (QED) is 0.797. The number of benzene rings is 1. The van der Waals surface area contributed by atoms with E-state index in [-0.39, 0.29) is 18.4 Å². The summed E-state index contributed by atoms with van der Waals surface area (Å²) in [5, 5.41) is 6.11. The van der Waals surface area contributed by atoms with E-state index in [4.69, 9.17) is 4.74 Å². The second-order valence-electron chi connectivity index (χ2n) is 4.92. The summed E-state index contributed by atoms with van der Waals surface area (Å²) < 4.78 is 9.73. The van der Waals surface area contributed by atoms with Crippen LogP contribution in [-0.4, -0.2) is 38.7 Å². The number of ether oxygens (including phenoxy) is 2. The number of carbonyl (C=O) groups excluding carboxylic acids is 2. The molecule has 1 atom stereocenters. The zero-order valence-corrected chi connectivity index (χ0v) is 12.1. The summed E-state index contributed by atoms with van der Waals surface area (Å²) >= 11 is 0. The van der Waals surface area contributed by atoms with E-state index in [2.05, 4.69) is 15.4 Å². The van der Waals surface area contributed by atoms with Crippen molar-refractivity contribution in [3.05, 3.63) is 24.3 Å². The number of carbonyl (C=O) groups is 2. The van der Waals surface area contributed by atoms with Gasteiger partial charge in [0.1, 0.15) is 5.75 Å². The average Bonchev–Trinajstić information content (AvgIpc) is 2.54. The van der Waals surface area contributed by atoms with Crippen LogP contribution >= 0.6 is 0 Å². The van der Waals surface area contributed by atoms with Crippen molar-refractivity contribution >= 4 is 17.6 Å². The molecule has 114 valence electrons. The molecule has 6 nitrogen and oxygen atoms in total. The van der Waals surface area contributed by atoms with Crippen molar-refractivity contribution in [3.63, 3.8) is 0 Å². The number of rotatable bonds is 5. The summed E-state index contributed by atoms with van der Waals surface area (Å²) in [5.74, 6) is 0.175. The summed E-state index contributed by atoms with van der Waals surface area (Å²) in [4.78, 5) is 23.0. The Hall–Kier alpha value is -2.08. The maximum atomic E-state index is 12.1. The third-order valence-electron chi connectivity index (χ3n) is 3.37. The summed E-state index contributed by atoms with van der Waals surface area (Å²) in [6.07, 6.45) is 1.94. The normalized spacial score (nSPS) is 17.9. The van der Waals surface area contributed by atoms with E-state index in [9.17, 15) is 9.59 Å². The van der Waals surface area contributed by atoms with Crippen LogP contribution in [0.15, 0.2) is 24.3 Å². The van der Waals surface area contributed by atoms with Gasteiger partial charge in [0.05, 0.1) is 13.0 Å². The van der Waals surface area contributed by atoms with Crippen molar-refractivity contribution in [2.75, 3.05) is 32.1 Å². The number of piperidine rings is 1. The molecule has 6 heteroatoms. The van der Waals surface area contributed by atoms with E-state index >= 15 is 0 Å². The second-order valence-corrected chi connectivity index (χ2v) is 4.92. The lowest BCUT2D eigenvalue weighted by Gasteiger charge is -2.21. The molecular weight excluding hydrogens is 272 g/mol. The van der Waals surface area contributed by atoms with Crippen LogP contribution in [0.25, 0.3) is 0 Å². The van der Waals surface area contributed by atoms with Gasteiger partial charge in [-0.2, -0.15) is 0 Å². The molecule has 0 spiro atoms. The van der Waals surface area contributed by atoms with Gasteiger partial charge >= 0.3 is 5.97 Å². The number of hydrogen-bond acceptors (Lipinski definition) is 5. The number of anilines is 1. The predicted octanol–water partition coefficient (Wildman–Crippen LogP) is 1.18. The van der Waals surface area contributed by atoms with E-state index in [1.54, 1.807) is 24.3 Å². The van der Waals surface area contributed by atoms with Crippen LogP contribution in [0.5, 0.6) is 5.75 Å². The van der Waals surface area contributed by atoms with Crippen LogP contribution < -0.4 is 15.4 Å². The van der Waals surface area contributed by atoms with E-state index < -0.39 is 5.97 Å². The maximum absolute atomic E-state index is 12.1. The largest absolute Gasteiger partial charge is 0.482 e. The van der Waals surface area contributed by atoms with Crippen LogP contribution in [0.1, 0.15) is 12.8 Å². The van der Waals surface area contributed by atoms with Gasteiger partial charge in [-0.3, -0.25) is 4.79 Å². The molecule has 1 aliphatic heterocycles. The fraction of sp³-hybridized carbons (Fsp3) is 0.467. The van der Waals surface area contributed by atoms with Crippen LogP contribution in [0, 0.1) is 5.92 Å². The third-order valence-corrected chi connectivity index (χ3v) is 3.37. The van der Waals surface area contributed by atoms with Crippen molar-refractivity contribution in [2.24, 2.45) is 5.92 Å². The lowest BCUT2D eigenvalue weighted by Crippen LogP contribution is -2.37. The first-order valence-corrected chi connectivity index (χ1v) is 7.00. The van der Waals surface area contributed by atoms with Gasteiger partial charge < -0.3 is 20.1 Å².